The molecule has 0 radical (unpaired) electrons. The highest BCUT2D eigenvalue weighted by Gasteiger charge is 2.22. The smallest absolute Gasteiger partial charge is 0.144 e. The van der Waals surface area contributed by atoms with Crippen LogP contribution in [-0.2, 0) is 0 Å². The fourth-order valence-corrected chi connectivity index (χ4v) is 2.71. The molecule has 1 aromatic carbocycles. The zero-order valence-corrected chi connectivity index (χ0v) is 13.2. The van der Waals surface area contributed by atoms with Crippen molar-refractivity contribution in [2.45, 2.75) is 38.0 Å². The molecule has 0 amide bonds. The number of hydrogen-bond donors (Lipinski definition) is 2. The van der Waals surface area contributed by atoms with Crippen LogP contribution in [0.4, 0.5) is 0 Å². The van der Waals surface area contributed by atoms with Crippen LogP contribution in [0.2, 0.25) is 0 Å². The van der Waals surface area contributed by atoms with Gasteiger partial charge >= 0.3 is 0 Å². The third kappa shape index (κ3) is 5.33. The summed E-state index contributed by atoms with van der Waals surface area (Å²) in [6, 6.07) is 8.10. The molecule has 0 fully saturated rings. The Kier molecular flexibility index (Phi) is 6.71. The van der Waals surface area contributed by atoms with E-state index < -0.39 is 0 Å². The predicted molar refractivity (Wildman–Crippen MR) is 84.8 cm³/mol. The van der Waals surface area contributed by atoms with Crippen molar-refractivity contribution in [2.24, 2.45) is 16.3 Å². The number of ether oxygens (including phenoxy) is 1. The molecule has 0 aliphatic heterocycles. The van der Waals surface area contributed by atoms with Gasteiger partial charge in [0.1, 0.15) is 11.6 Å². The lowest BCUT2D eigenvalue weighted by molar-refractivity contribution is 0.304. The minimum absolute atomic E-state index is 0.237. The summed E-state index contributed by atoms with van der Waals surface area (Å²) >= 11 is 1.84. The zero-order chi connectivity index (χ0) is 15.0. The molecule has 0 saturated carbocycles. The second kappa shape index (κ2) is 8.04. The quantitative estimate of drug-likeness (QED) is 0.191. The molecule has 0 unspecified atom stereocenters. The Labute approximate surface area is 125 Å². The number of amidine groups is 1. The van der Waals surface area contributed by atoms with Gasteiger partial charge in [-0.25, -0.2) is 0 Å². The molecule has 3 N–H and O–H groups in total. The van der Waals surface area contributed by atoms with Gasteiger partial charge in [-0.2, -0.15) is 0 Å². The molecule has 0 aliphatic rings. The summed E-state index contributed by atoms with van der Waals surface area (Å²) < 4.78 is 5.13. The van der Waals surface area contributed by atoms with Crippen LogP contribution in [0.15, 0.2) is 34.3 Å². The van der Waals surface area contributed by atoms with Crippen LogP contribution < -0.4 is 10.5 Å². The summed E-state index contributed by atoms with van der Waals surface area (Å²) in [4.78, 5) is 1.25. The van der Waals surface area contributed by atoms with E-state index in [1.54, 1.807) is 7.11 Å². The molecule has 0 saturated heterocycles. The van der Waals surface area contributed by atoms with Gasteiger partial charge in [0.25, 0.3) is 0 Å². The van der Waals surface area contributed by atoms with Gasteiger partial charge in [-0.1, -0.05) is 25.4 Å². The third-order valence-electron chi connectivity index (χ3n) is 3.33. The van der Waals surface area contributed by atoms with Gasteiger partial charge in [0.2, 0.25) is 0 Å². The Morgan fingerprint density at radius 1 is 1.30 bits per heavy atom. The van der Waals surface area contributed by atoms with Crippen molar-refractivity contribution in [3.8, 4) is 5.75 Å². The van der Waals surface area contributed by atoms with Crippen molar-refractivity contribution in [1.29, 1.82) is 0 Å². The standard InChI is InChI=1S/C15H24N2O2S/c1-15(2,14(16)17-18)10-4-5-11-20-13-8-6-12(19-3)7-9-13/h6-9,18H,4-5,10-11H2,1-3H3,(H2,16,17). The second-order valence-corrected chi connectivity index (χ2v) is 6.52. The Bertz CT molecular complexity index is 430. The number of unbranched alkanes of at least 4 members (excludes halogenated alkanes) is 1. The number of methoxy groups -OCH3 is 1. The van der Waals surface area contributed by atoms with Gasteiger partial charge in [0.05, 0.1) is 7.11 Å². The van der Waals surface area contributed by atoms with E-state index in [0.29, 0.717) is 5.84 Å². The van der Waals surface area contributed by atoms with Gasteiger partial charge < -0.3 is 15.7 Å². The van der Waals surface area contributed by atoms with Crippen molar-refractivity contribution >= 4 is 17.6 Å². The molecule has 1 aromatic rings. The van der Waals surface area contributed by atoms with E-state index in [1.807, 2.05) is 37.7 Å². The lowest BCUT2D eigenvalue weighted by Gasteiger charge is -2.22. The van der Waals surface area contributed by atoms with Crippen LogP contribution in [0.25, 0.3) is 0 Å². The first kappa shape index (κ1) is 16.7. The van der Waals surface area contributed by atoms with Crippen LogP contribution in [0.3, 0.4) is 0 Å². The molecule has 112 valence electrons. The normalized spacial score (nSPS) is 12.4. The third-order valence-corrected chi connectivity index (χ3v) is 4.42. The molecule has 0 atom stereocenters. The van der Waals surface area contributed by atoms with Crippen molar-refractivity contribution < 1.29 is 9.94 Å². The van der Waals surface area contributed by atoms with Crippen molar-refractivity contribution in [3.05, 3.63) is 24.3 Å². The lowest BCUT2D eigenvalue weighted by atomic mass is 9.86. The van der Waals surface area contributed by atoms with Crippen molar-refractivity contribution in [3.63, 3.8) is 0 Å². The molecule has 0 spiro atoms. The summed E-state index contributed by atoms with van der Waals surface area (Å²) in [6.07, 6.45) is 3.09. The zero-order valence-electron chi connectivity index (χ0n) is 12.4. The first-order chi connectivity index (χ1) is 9.49. The highest BCUT2D eigenvalue weighted by atomic mass is 32.2. The average molecular weight is 296 g/mol. The first-order valence-corrected chi connectivity index (χ1v) is 7.73. The molecule has 1 rings (SSSR count). The summed E-state index contributed by atoms with van der Waals surface area (Å²) in [5.41, 5.74) is 5.43. The summed E-state index contributed by atoms with van der Waals surface area (Å²) in [6.45, 7) is 4.00. The summed E-state index contributed by atoms with van der Waals surface area (Å²) in [7, 11) is 1.67. The SMILES string of the molecule is COc1ccc(SCCCCC(C)(C)/C(N)=N/O)cc1. The van der Waals surface area contributed by atoms with E-state index in [9.17, 15) is 0 Å². The van der Waals surface area contributed by atoms with Gasteiger partial charge in [-0.05, 0) is 42.9 Å². The number of benzene rings is 1. The fourth-order valence-electron chi connectivity index (χ4n) is 1.79. The molecule has 4 nitrogen and oxygen atoms in total. The van der Waals surface area contributed by atoms with E-state index in [1.165, 1.54) is 4.90 Å². The molecule has 0 bridgehead atoms. The van der Waals surface area contributed by atoms with E-state index >= 15 is 0 Å². The Morgan fingerprint density at radius 2 is 1.95 bits per heavy atom. The largest absolute Gasteiger partial charge is 0.497 e. The van der Waals surface area contributed by atoms with Gasteiger partial charge in [0, 0.05) is 10.3 Å². The van der Waals surface area contributed by atoms with E-state index in [2.05, 4.69) is 17.3 Å². The Hall–Kier alpha value is -1.36. The van der Waals surface area contributed by atoms with Gasteiger partial charge in [-0.15, -0.1) is 11.8 Å². The Morgan fingerprint density at radius 3 is 2.50 bits per heavy atom. The Balaban J connectivity index is 2.25. The minimum atomic E-state index is -0.237. The molecule has 20 heavy (non-hydrogen) atoms. The lowest BCUT2D eigenvalue weighted by Crippen LogP contribution is -2.31. The number of thioether (sulfide) groups is 1. The molecular weight excluding hydrogens is 272 g/mol. The summed E-state index contributed by atoms with van der Waals surface area (Å²) in [5, 5.41) is 11.8. The molecule has 0 heterocycles. The van der Waals surface area contributed by atoms with E-state index in [4.69, 9.17) is 15.7 Å². The highest BCUT2D eigenvalue weighted by molar-refractivity contribution is 7.99. The van der Waals surface area contributed by atoms with Crippen LogP contribution in [-0.4, -0.2) is 23.9 Å². The number of nitrogens with zero attached hydrogens (tertiary/aromatic N) is 1. The van der Waals surface area contributed by atoms with Crippen LogP contribution >= 0.6 is 11.8 Å². The first-order valence-electron chi connectivity index (χ1n) is 6.74. The number of nitrogens with two attached hydrogens (primary N) is 1. The highest BCUT2D eigenvalue weighted by Crippen LogP contribution is 2.26. The van der Waals surface area contributed by atoms with E-state index in [0.717, 1.165) is 30.8 Å². The summed E-state index contributed by atoms with van der Waals surface area (Å²) in [5.74, 6) is 2.26. The average Bonchev–Trinajstić information content (AvgIpc) is 2.46. The maximum Gasteiger partial charge on any atom is 0.144 e. The van der Waals surface area contributed by atoms with Crippen LogP contribution in [0.5, 0.6) is 5.75 Å². The molecular formula is C15H24N2O2S. The number of hydrogen-bond acceptors (Lipinski definition) is 4. The second-order valence-electron chi connectivity index (χ2n) is 5.35. The topological polar surface area (TPSA) is 67.8 Å². The minimum Gasteiger partial charge on any atom is -0.497 e. The van der Waals surface area contributed by atoms with Crippen LogP contribution in [0, 0.1) is 5.41 Å². The fraction of sp³-hybridized carbons (Fsp3) is 0.533. The number of rotatable bonds is 8. The monoisotopic (exact) mass is 296 g/mol. The van der Waals surface area contributed by atoms with Crippen LogP contribution in [0.1, 0.15) is 33.1 Å². The molecule has 0 aromatic heterocycles. The van der Waals surface area contributed by atoms with Gasteiger partial charge in [0.15, 0.2) is 0 Å². The maximum absolute atomic E-state index is 8.71. The van der Waals surface area contributed by atoms with Crippen molar-refractivity contribution in [1.82, 2.24) is 0 Å². The maximum atomic E-state index is 8.71. The predicted octanol–water partition coefficient (Wildman–Crippen LogP) is 3.73. The van der Waals surface area contributed by atoms with Gasteiger partial charge in [-0.3, -0.25) is 0 Å². The van der Waals surface area contributed by atoms with E-state index in [-0.39, 0.29) is 5.41 Å². The molecule has 0 aliphatic carbocycles. The number of oxime groups is 1. The molecule has 5 heteroatoms. The van der Waals surface area contributed by atoms with Crippen molar-refractivity contribution in [2.75, 3.05) is 12.9 Å².